The van der Waals surface area contributed by atoms with Crippen LogP contribution in [0.2, 0.25) is 0 Å². The Hall–Kier alpha value is -0.490. The van der Waals surface area contributed by atoms with E-state index in [1.54, 1.807) is 20.8 Å². The minimum atomic E-state index is -3.67. The van der Waals surface area contributed by atoms with Gasteiger partial charge in [-0.1, -0.05) is 6.92 Å². The Morgan fingerprint density at radius 3 is 2.42 bits per heavy atom. The molecule has 19 heavy (non-hydrogen) atoms. The fraction of sp³-hybridized carbons (Fsp3) is 0.917. The summed E-state index contributed by atoms with van der Waals surface area (Å²) in [5.74, 6) is -0.225. The molecule has 1 fully saturated rings. The molecular formula is C12H22ClNO4S. The second kappa shape index (κ2) is 5.48. The molecule has 0 aromatic rings. The van der Waals surface area contributed by atoms with E-state index in [0.717, 1.165) is 6.42 Å². The maximum atomic E-state index is 12.2. The van der Waals surface area contributed by atoms with E-state index in [-0.39, 0.29) is 5.75 Å². The van der Waals surface area contributed by atoms with Crippen molar-refractivity contribution in [1.82, 2.24) is 4.90 Å². The van der Waals surface area contributed by atoms with Gasteiger partial charge in [-0.2, -0.15) is 0 Å². The highest BCUT2D eigenvalue weighted by molar-refractivity contribution is 8.13. The third-order valence-electron chi connectivity index (χ3n) is 3.31. The monoisotopic (exact) mass is 311 g/mol. The molecule has 0 aromatic heterocycles. The van der Waals surface area contributed by atoms with Gasteiger partial charge in [-0.25, -0.2) is 13.2 Å². The van der Waals surface area contributed by atoms with Crippen LogP contribution in [0.4, 0.5) is 4.79 Å². The summed E-state index contributed by atoms with van der Waals surface area (Å²) < 4.78 is 28.1. The molecule has 1 atom stereocenters. The lowest BCUT2D eigenvalue weighted by molar-refractivity contribution is 0.0107. The quantitative estimate of drug-likeness (QED) is 0.752. The van der Waals surface area contributed by atoms with Crippen LogP contribution in [-0.4, -0.2) is 42.8 Å². The van der Waals surface area contributed by atoms with E-state index in [0.29, 0.717) is 19.4 Å². The molecule has 1 heterocycles. The Labute approximate surface area is 119 Å². The summed E-state index contributed by atoms with van der Waals surface area (Å²) in [5.41, 5.74) is -1.33. The second-order valence-electron chi connectivity index (χ2n) is 6.00. The first-order chi connectivity index (χ1) is 8.49. The Morgan fingerprint density at radius 2 is 2.00 bits per heavy atom. The van der Waals surface area contributed by atoms with Crippen LogP contribution in [0, 0.1) is 0 Å². The minimum Gasteiger partial charge on any atom is -0.444 e. The largest absolute Gasteiger partial charge is 0.444 e. The van der Waals surface area contributed by atoms with Gasteiger partial charge in [-0.3, -0.25) is 0 Å². The molecule has 0 spiro atoms. The number of likely N-dealkylation sites (tertiary alicyclic amines) is 1. The van der Waals surface area contributed by atoms with Gasteiger partial charge in [0, 0.05) is 17.2 Å². The van der Waals surface area contributed by atoms with Crippen LogP contribution in [0.1, 0.15) is 47.0 Å². The van der Waals surface area contributed by atoms with E-state index in [4.69, 9.17) is 15.4 Å². The number of amides is 1. The maximum Gasteiger partial charge on any atom is 0.410 e. The second-order valence-corrected chi connectivity index (χ2v) is 8.77. The molecule has 0 radical (unpaired) electrons. The molecule has 0 aliphatic carbocycles. The maximum absolute atomic E-state index is 12.2. The molecule has 0 aromatic carbocycles. The zero-order valence-electron chi connectivity index (χ0n) is 11.9. The molecule has 1 unspecified atom stereocenters. The summed E-state index contributed by atoms with van der Waals surface area (Å²) in [6.07, 6.45) is 1.47. The van der Waals surface area contributed by atoms with E-state index in [1.165, 1.54) is 4.90 Å². The summed E-state index contributed by atoms with van der Waals surface area (Å²) in [7, 11) is 1.71. The molecule has 1 aliphatic rings. The summed E-state index contributed by atoms with van der Waals surface area (Å²) in [6, 6.07) is 0. The Kier molecular flexibility index (Phi) is 4.78. The Bertz CT molecular complexity index is 443. The van der Waals surface area contributed by atoms with Crippen LogP contribution in [0.25, 0.3) is 0 Å². The van der Waals surface area contributed by atoms with Crippen molar-refractivity contribution in [2.45, 2.75) is 58.1 Å². The Morgan fingerprint density at radius 1 is 1.42 bits per heavy atom. The van der Waals surface area contributed by atoms with Crippen molar-refractivity contribution < 1.29 is 17.9 Å². The van der Waals surface area contributed by atoms with Gasteiger partial charge in [0.1, 0.15) is 5.60 Å². The molecule has 112 valence electrons. The number of nitrogens with zero attached hydrogens (tertiary/aromatic N) is 1. The summed E-state index contributed by atoms with van der Waals surface area (Å²) in [4.78, 5) is 13.7. The first kappa shape index (κ1) is 16.6. The zero-order chi connectivity index (χ0) is 14.9. The van der Waals surface area contributed by atoms with E-state index in [2.05, 4.69) is 0 Å². The average Bonchev–Trinajstić information content (AvgIpc) is 2.56. The van der Waals surface area contributed by atoms with Crippen molar-refractivity contribution in [3.8, 4) is 0 Å². The number of hydrogen-bond donors (Lipinski definition) is 0. The first-order valence-electron chi connectivity index (χ1n) is 6.42. The number of hydrogen-bond acceptors (Lipinski definition) is 4. The molecular weight excluding hydrogens is 290 g/mol. The van der Waals surface area contributed by atoms with Crippen molar-refractivity contribution in [3.63, 3.8) is 0 Å². The van der Waals surface area contributed by atoms with Crippen LogP contribution in [-0.2, 0) is 13.8 Å². The van der Waals surface area contributed by atoms with Gasteiger partial charge >= 0.3 is 6.09 Å². The topological polar surface area (TPSA) is 63.7 Å². The molecule has 5 nitrogen and oxygen atoms in total. The number of carbonyl (C=O) groups excluding carboxylic acids is 1. The molecule has 0 bridgehead atoms. The van der Waals surface area contributed by atoms with Crippen molar-refractivity contribution in [2.24, 2.45) is 0 Å². The van der Waals surface area contributed by atoms with Crippen molar-refractivity contribution >= 4 is 25.8 Å². The lowest BCUT2D eigenvalue weighted by Crippen LogP contribution is -2.52. The SMILES string of the molecule is CCC1(CS(=O)(=O)Cl)CCCN1C(=O)OC(C)(C)C. The summed E-state index contributed by atoms with van der Waals surface area (Å²) >= 11 is 0. The van der Waals surface area contributed by atoms with E-state index < -0.39 is 26.3 Å². The third-order valence-corrected chi connectivity index (χ3v) is 4.52. The zero-order valence-corrected chi connectivity index (χ0v) is 13.5. The fourth-order valence-corrected chi connectivity index (χ4v) is 4.24. The van der Waals surface area contributed by atoms with Crippen LogP contribution >= 0.6 is 10.7 Å². The van der Waals surface area contributed by atoms with Gasteiger partial charge in [0.25, 0.3) is 0 Å². The van der Waals surface area contributed by atoms with Gasteiger partial charge < -0.3 is 9.64 Å². The summed E-state index contributed by atoms with van der Waals surface area (Å²) in [5, 5.41) is 0. The number of rotatable bonds is 3. The highest BCUT2D eigenvalue weighted by atomic mass is 35.7. The van der Waals surface area contributed by atoms with E-state index >= 15 is 0 Å². The van der Waals surface area contributed by atoms with Gasteiger partial charge in [0.2, 0.25) is 9.05 Å². The third kappa shape index (κ3) is 4.53. The van der Waals surface area contributed by atoms with Crippen LogP contribution in [0.5, 0.6) is 0 Å². The predicted molar refractivity (Wildman–Crippen MR) is 74.8 cm³/mol. The van der Waals surface area contributed by atoms with Crippen molar-refractivity contribution in [1.29, 1.82) is 0 Å². The molecule has 1 saturated heterocycles. The highest BCUT2D eigenvalue weighted by Gasteiger charge is 2.46. The van der Waals surface area contributed by atoms with E-state index in [9.17, 15) is 13.2 Å². The summed E-state index contributed by atoms with van der Waals surface area (Å²) in [6.45, 7) is 7.73. The molecule has 0 saturated carbocycles. The van der Waals surface area contributed by atoms with Crippen molar-refractivity contribution in [3.05, 3.63) is 0 Å². The van der Waals surface area contributed by atoms with Gasteiger partial charge in [0.05, 0.1) is 11.3 Å². The predicted octanol–water partition coefficient (Wildman–Crippen LogP) is 2.73. The number of ether oxygens (including phenoxy) is 1. The van der Waals surface area contributed by atoms with Crippen molar-refractivity contribution in [2.75, 3.05) is 12.3 Å². The Balaban J connectivity index is 2.95. The highest BCUT2D eigenvalue weighted by Crippen LogP contribution is 2.35. The minimum absolute atomic E-state index is 0.225. The lowest BCUT2D eigenvalue weighted by Gasteiger charge is -2.37. The molecule has 1 aliphatic heterocycles. The van der Waals surface area contributed by atoms with Crippen LogP contribution < -0.4 is 0 Å². The molecule has 1 rings (SSSR count). The molecule has 0 N–H and O–H groups in total. The van der Waals surface area contributed by atoms with Gasteiger partial charge in [-0.15, -0.1) is 0 Å². The fourth-order valence-electron chi connectivity index (χ4n) is 2.48. The van der Waals surface area contributed by atoms with Gasteiger partial charge in [-0.05, 0) is 40.0 Å². The standard InChI is InChI=1S/C12H22ClNO4S/c1-5-12(9-19(13,16)17)7-6-8-14(12)10(15)18-11(2,3)4/h5-9H2,1-4H3. The first-order valence-corrected chi connectivity index (χ1v) is 8.90. The van der Waals surface area contributed by atoms with Gasteiger partial charge in [0.15, 0.2) is 0 Å². The smallest absolute Gasteiger partial charge is 0.410 e. The van der Waals surface area contributed by atoms with Crippen LogP contribution in [0.3, 0.4) is 0 Å². The van der Waals surface area contributed by atoms with E-state index in [1.807, 2.05) is 6.92 Å². The average molecular weight is 312 g/mol. The molecule has 1 amide bonds. The normalized spacial score (nSPS) is 24.6. The number of halogens is 1. The number of carbonyl (C=O) groups is 1. The van der Waals surface area contributed by atoms with Crippen LogP contribution in [0.15, 0.2) is 0 Å². The lowest BCUT2D eigenvalue weighted by atomic mass is 9.95. The molecule has 7 heteroatoms.